The van der Waals surface area contributed by atoms with Crippen LogP contribution < -0.4 is 5.32 Å². The maximum absolute atomic E-state index is 6.08. The first-order valence-electron chi connectivity index (χ1n) is 10.9. The van der Waals surface area contributed by atoms with Crippen molar-refractivity contribution in [2.75, 3.05) is 32.9 Å². The molecule has 8 heteroatoms. The number of halogens is 1. The SMILES string of the molecule is C[Si](C)(C)CCOCn1cc(C2CCOCC2)c2c(C3=CCNCC3)ncnc21.Cl. The van der Waals surface area contributed by atoms with Gasteiger partial charge in [-0.15, -0.1) is 12.4 Å². The molecule has 1 saturated heterocycles. The van der Waals surface area contributed by atoms with Gasteiger partial charge in [0.25, 0.3) is 0 Å². The standard InChI is InChI=1S/C22H34N4O2Si.ClH/c1-29(2,3)13-12-28-16-26-14-19(17-6-10-27-11-7-17)20-21(24-15-25-22(20)26)18-4-8-23-9-5-18;/h4,14-15,17,23H,5-13,16H2,1-3H3;1H. The van der Waals surface area contributed by atoms with E-state index >= 15 is 0 Å². The molecule has 2 aliphatic rings. The van der Waals surface area contributed by atoms with Crippen LogP contribution in [0, 0.1) is 0 Å². The van der Waals surface area contributed by atoms with Gasteiger partial charge in [-0.3, -0.25) is 0 Å². The molecule has 166 valence electrons. The molecule has 4 rings (SSSR count). The Morgan fingerprint density at radius 3 is 2.73 bits per heavy atom. The molecular formula is C22H35ClN4O2Si. The highest BCUT2D eigenvalue weighted by Gasteiger charge is 2.25. The van der Waals surface area contributed by atoms with Gasteiger partial charge in [0.1, 0.15) is 18.7 Å². The quantitative estimate of drug-likeness (QED) is 0.499. The summed E-state index contributed by atoms with van der Waals surface area (Å²) >= 11 is 0. The lowest BCUT2D eigenvalue weighted by Crippen LogP contribution is -2.22. The summed E-state index contributed by atoms with van der Waals surface area (Å²) in [6.45, 7) is 12.1. The lowest BCUT2D eigenvalue weighted by atomic mass is 9.90. The Hall–Kier alpha value is -1.25. The number of hydrogen-bond acceptors (Lipinski definition) is 5. The Morgan fingerprint density at radius 1 is 1.23 bits per heavy atom. The van der Waals surface area contributed by atoms with Crippen molar-refractivity contribution in [2.24, 2.45) is 0 Å². The highest BCUT2D eigenvalue weighted by Crippen LogP contribution is 2.37. The molecule has 6 nitrogen and oxygen atoms in total. The summed E-state index contributed by atoms with van der Waals surface area (Å²) in [6.07, 6.45) is 9.40. The lowest BCUT2D eigenvalue weighted by molar-refractivity contribution is 0.0840. The van der Waals surface area contributed by atoms with Crippen molar-refractivity contribution in [3.05, 3.63) is 29.9 Å². The minimum atomic E-state index is -1.09. The second-order valence-corrected chi connectivity index (χ2v) is 15.0. The van der Waals surface area contributed by atoms with Gasteiger partial charge in [0.15, 0.2) is 0 Å². The van der Waals surface area contributed by atoms with Crippen LogP contribution in [0.25, 0.3) is 16.6 Å². The van der Waals surface area contributed by atoms with Crippen molar-refractivity contribution in [1.29, 1.82) is 0 Å². The highest BCUT2D eigenvalue weighted by atomic mass is 35.5. The van der Waals surface area contributed by atoms with Gasteiger partial charge in [-0.2, -0.15) is 0 Å². The number of hydrogen-bond donors (Lipinski definition) is 1. The molecule has 4 heterocycles. The summed E-state index contributed by atoms with van der Waals surface area (Å²) in [6, 6.07) is 1.18. The van der Waals surface area contributed by atoms with Crippen molar-refractivity contribution < 1.29 is 9.47 Å². The van der Waals surface area contributed by atoms with E-state index in [-0.39, 0.29) is 12.4 Å². The van der Waals surface area contributed by atoms with Crippen molar-refractivity contribution in [3.63, 3.8) is 0 Å². The summed E-state index contributed by atoms with van der Waals surface area (Å²) in [5.41, 5.74) is 4.82. The largest absolute Gasteiger partial charge is 0.381 e. The van der Waals surface area contributed by atoms with E-state index in [1.807, 2.05) is 0 Å². The van der Waals surface area contributed by atoms with Crippen LogP contribution in [-0.2, 0) is 16.2 Å². The predicted molar refractivity (Wildman–Crippen MR) is 127 cm³/mol. The van der Waals surface area contributed by atoms with Crippen LogP contribution in [0.5, 0.6) is 0 Å². The van der Waals surface area contributed by atoms with Gasteiger partial charge in [-0.1, -0.05) is 25.7 Å². The van der Waals surface area contributed by atoms with Gasteiger partial charge in [0.05, 0.1) is 5.69 Å². The molecular weight excluding hydrogens is 416 g/mol. The Bertz CT molecular complexity index is 872. The summed E-state index contributed by atoms with van der Waals surface area (Å²) in [4.78, 5) is 9.43. The summed E-state index contributed by atoms with van der Waals surface area (Å²) in [7, 11) is -1.09. The minimum absolute atomic E-state index is 0. The number of nitrogens with one attached hydrogen (secondary N) is 1. The molecule has 0 aromatic carbocycles. The van der Waals surface area contributed by atoms with Crippen LogP contribution in [0.1, 0.15) is 36.4 Å². The van der Waals surface area contributed by atoms with Gasteiger partial charge in [-0.25, -0.2) is 9.97 Å². The first-order valence-corrected chi connectivity index (χ1v) is 14.6. The van der Waals surface area contributed by atoms with E-state index in [0.717, 1.165) is 63.5 Å². The Balaban J connectivity index is 0.00000256. The fourth-order valence-corrected chi connectivity index (χ4v) is 4.95. The molecule has 0 bridgehead atoms. The summed E-state index contributed by atoms with van der Waals surface area (Å²) in [5, 5.41) is 4.63. The van der Waals surface area contributed by atoms with Crippen LogP contribution in [0.15, 0.2) is 18.6 Å². The molecule has 1 N–H and O–H groups in total. The molecule has 1 fully saturated rings. The maximum atomic E-state index is 6.08. The van der Waals surface area contributed by atoms with E-state index in [1.165, 1.54) is 22.6 Å². The average molecular weight is 451 g/mol. The zero-order chi connectivity index (χ0) is 20.3. The smallest absolute Gasteiger partial charge is 0.146 e. The van der Waals surface area contributed by atoms with Crippen LogP contribution >= 0.6 is 12.4 Å². The fourth-order valence-electron chi connectivity index (χ4n) is 4.19. The van der Waals surface area contributed by atoms with Crippen molar-refractivity contribution in [3.8, 4) is 0 Å². The number of fused-ring (bicyclic) bond motifs is 1. The summed E-state index contributed by atoms with van der Waals surface area (Å²) in [5.74, 6) is 0.501. The topological polar surface area (TPSA) is 61.2 Å². The first kappa shape index (κ1) is 23.4. The number of ether oxygens (including phenoxy) is 2. The van der Waals surface area contributed by atoms with Gasteiger partial charge >= 0.3 is 0 Å². The third kappa shape index (κ3) is 5.51. The van der Waals surface area contributed by atoms with Crippen molar-refractivity contribution in [2.45, 2.75) is 57.6 Å². The molecule has 0 spiro atoms. The monoisotopic (exact) mass is 450 g/mol. The van der Waals surface area contributed by atoms with E-state index in [2.05, 4.69) is 46.8 Å². The van der Waals surface area contributed by atoms with Crippen molar-refractivity contribution in [1.82, 2.24) is 19.9 Å². The van der Waals surface area contributed by atoms with Gasteiger partial charge < -0.3 is 19.4 Å². The molecule has 0 unspecified atom stereocenters. The van der Waals surface area contributed by atoms with Crippen LogP contribution in [-0.4, -0.2) is 55.5 Å². The van der Waals surface area contributed by atoms with Crippen LogP contribution in [0.3, 0.4) is 0 Å². The third-order valence-electron chi connectivity index (χ3n) is 5.94. The van der Waals surface area contributed by atoms with Crippen LogP contribution in [0.4, 0.5) is 0 Å². The number of nitrogens with zero attached hydrogens (tertiary/aromatic N) is 3. The second-order valence-electron chi connectivity index (χ2n) is 9.39. The lowest BCUT2D eigenvalue weighted by Gasteiger charge is -2.22. The predicted octanol–water partition coefficient (Wildman–Crippen LogP) is 4.44. The maximum Gasteiger partial charge on any atom is 0.146 e. The van der Waals surface area contributed by atoms with E-state index in [1.54, 1.807) is 6.33 Å². The molecule has 2 aromatic heterocycles. The zero-order valence-electron chi connectivity index (χ0n) is 18.4. The fraction of sp³-hybridized carbons (Fsp3) is 0.636. The van der Waals surface area contributed by atoms with Crippen molar-refractivity contribution >= 4 is 37.1 Å². The molecule has 0 aliphatic carbocycles. The van der Waals surface area contributed by atoms with E-state index in [4.69, 9.17) is 14.5 Å². The van der Waals surface area contributed by atoms with Gasteiger partial charge in [0.2, 0.25) is 0 Å². The van der Waals surface area contributed by atoms with E-state index in [0.29, 0.717) is 12.6 Å². The van der Waals surface area contributed by atoms with Crippen LogP contribution in [0.2, 0.25) is 25.7 Å². The Labute approximate surface area is 186 Å². The number of rotatable bonds is 7. The number of aromatic nitrogens is 3. The van der Waals surface area contributed by atoms with E-state index < -0.39 is 8.07 Å². The minimum Gasteiger partial charge on any atom is -0.381 e. The third-order valence-corrected chi connectivity index (χ3v) is 7.64. The Kier molecular flexibility index (Phi) is 8.09. The zero-order valence-corrected chi connectivity index (χ0v) is 20.3. The van der Waals surface area contributed by atoms with E-state index in [9.17, 15) is 0 Å². The molecule has 0 saturated carbocycles. The molecule has 2 aromatic rings. The Morgan fingerprint density at radius 2 is 2.03 bits per heavy atom. The normalized spacial score (nSPS) is 18.3. The highest BCUT2D eigenvalue weighted by molar-refractivity contribution is 6.76. The van der Waals surface area contributed by atoms with Gasteiger partial charge in [-0.05, 0) is 48.9 Å². The molecule has 30 heavy (non-hydrogen) atoms. The van der Waals surface area contributed by atoms with Gasteiger partial charge in [0, 0.05) is 46.0 Å². The second kappa shape index (κ2) is 10.4. The average Bonchev–Trinajstić information content (AvgIpc) is 3.11. The molecule has 0 radical (unpaired) electrons. The molecule has 0 amide bonds. The summed E-state index contributed by atoms with van der Waals surface area (Å²) < 4.78 is 13.9. The molecule has 0 atom stereocenters. The molecule has 2 aliphatic heterocycles. The first-order chi connectivity index (χ1) is 14.0.